The number of terminal acetylenes is 1. The lowest BCUT2D eigenvalue weighted by Crippen LogP contribution is -2.54. The molecule has 0 fully saturated rings. The minimum absolute atomic E-state index is 0.0282. The molecule has 3 amide bonds. The molecule has 2 atom stereocenters. The average Bonchev–Trinajstić information content (AvgIpc) is 2.85. The van der Waals surface area contributed by atoms with Gasteiger partial charge in [-0.3, -0.25) is 14.4 Å². The highest BCUT2D eigenvalue weighted by molar-refractivity contribution is 7.98. The van der Waals surface area contributed by atoms with E-state index in [1.54, 1.807) is 52.0 Å². The number of nitrogens with one attached hydrogen (secondary N) is 2. The fourth-order valence-electron chi connectivity index (χ4n) is 3.55. The van der Waals surface area contributed by atoms with E-state index in [4.69, 9.17) is 15.9 Å². The van der Waals surface area contributed by atoms with Crippen LogP contribution < -0.4 is 10.6 Å². The Balaban J connectivity index is 3.41. The van der Waals surface area contributed by atoms with Gasteiger partial charge in [-0.2, -0.15) is 11.8 Å². The average molecular weight is 550 g/mol. The van der Waals surface area contributed by atoms with Crippen molar-refractivity contribution in [3.63, 3.8) is 0 Å². The number of alkyl carbamates (subject to hydrolysis) is 1. The predicted molar refractivity (Wildman–Crippen MR) is 146 cm³/mol. The first kappa shape index (κ1) is 32.8. The second-order valence-corrected chi connectivity index (χ2v) is 10.2. The summed E-state index contributed by atoms with van der Waals surface area (Å²) in [6, 6.07) is 4.39. The van der Waals surface area contributed by atoms with Gasteiger partial charge in [-0.1, -0.05) is 24.1 Å². The molecule has 1 rings (SSSR count). The lowest BCUT2D eigenvalue weighted by Gasteiger charge is -2.34. The summed E-state index contributed by atoms with van der Waals surface area (Å²) in [5, 5.41) is 15.1. The zero-order valence-corrected chi connectivity index (χ0v) is 23.6. The number of amides is 3. The van der Waals surface area contributed by atoms with Crippen LogP contribution in [0, 0.1) is 12.3 Å². The zero-order chi connectivity index (χ0) is 28.7. The molecule has 1 aromatic rings. The van der Waals surface area contributed by atoms with E-state index in [1.807, 2.05) is 6.26 Å². The molecule has 0 saturated carbocycles. The van der Waals surface area contributed by atoms with Crippen LogP contribution in [0.5, 0.6) is 0 Å². The number of benzene rings is 1. The number of hydrogen-bond acceptors (Lipinski definition) is 8. The fourth-order valence-corrected chi connectivity index (χ4v) is 4.02. The smallest absolute Gasteiger partial charge is 0.408 e. The number of aliphatic hydroxyl groups excluding tert-OH is 1. The van der Waals surface area contributed by atoms with Gasteiger partial charge in [0.15, 0.2) is 0 Å². The van der Waals surface area contributed by atoms with Gasteiger partial charge in [-0.05, 0) is 57.8 Å². The molecule has 11 heteroatoms. The summed E-state index contributed by atoms with van der Waals surface area (Å²) >= 11 is 1.49. The SMILES string of the molecule is C#Cc1ccccc1C(C(=O)NCCC(=O)OCC)N(CCO)C(=O)C(CCSC)NC(=O)OC(C)(C)C. The van der Waals surface area contributed by atoms with Gasteiger partial charge in [0.1, 0.15) is 17.7 Å². The first-order chi connectivity index (χ1) is 18.0. The lowest BCUT2D eigenvalue weighted by molar-refractivity contribution is -0.144. The van der Waals surface area contributed by atoms with E-state index >= 15 is 0 Å². The molecule has 0 spiro atoms. The van der Waals surface area contributed by atoms with Crippen molar-refractivity contribution in [2.75, 3.05) is 38.3 Å². The minimum atomic E-state index is -1.23. The molecule has 2 unspecified atom stereocenters. The first-order valence-electron chi connectivity index (χ1n) is 12.4. The molecule has 0 heterocycles. The number of aliphatic hydroxyl groups is 1. The maximum atomic E-state index is 13.9. The van der Waals surface area contributed by atoms with Gasteiger partial charge in [-0.25, -0.2) is 4.79 Å². The molecule has 0 radical (unpaired) electrons. The van der Waals surface area contributed by atoms with E-state index in [0.29, 0.717) is 16.9 Å². The summed E-state index contributed by atoms with van der Waals surface area (Å²) in [6.45, 7) is 6.33. The molecular formula is C27H39N3O7S. The van der Waals surface area contributed by atoms with E-state index in [9.17, 15) is 24.3 Å². The molecule has 0 aliphatic carbocycles. The van der Waals surface area contributed by atoms with Crippen molar-refractivity contribution in [2.45, 2.75) is 58.2 Å². The van der Waals surface area contributed by atoms with Crippen molar-refractivity contribution in [1.82, 2.24) is 15.5 Å². The molecule has 3 N–H and O–H groups in total. The zero-order valence-electron chi connectivity index (χ0n) is 22.7. The Labute approximate surface area is 229 Å². The van der Waals surface area contributed by atoms with Crippen LogP contribution in [0.4, 0.5) is 4.79 Å². The molecule has 10 nitrogen and oxygen atoms in total. The number of carbonyl (C=O) groups is 4. The monoisotopic (exact) mass is 549 g/mol. The Morgan fingerprint density at radius 1 is 1.21 bits per heavy atom. The normalized spacial score (nSPS) is 12.4. The molecular weight excluding hydrogens is 510 g/mol. The number of nitrogens with zero attached hydrogens (tertiary/aromatic N) is 1. The van der Waals surface area contributed by atoms with Gasteiger partial charge in [0.2, 0.25) is 11.8 Å². The van der Waals surface area contributed by atoms with Gasteiger partial charge in [0.05, 0.1) is 19.6 Å². The Bertz CT molecular complexity index is 988. The number of carbonyl (C=O) groups excluding carboxylic acids is 4. The van der Waals surface area contributed by atoms with Crippen molar-refractivity contribution in [3.05, 3.63) is 35.4 Å². The highest BCUT2D eigenvalue weighted by Gasteiger charge is 2.36. The Morgan fingerprint density at radius 2 is 1.89 bits per heavy atom. The Kier molecular flexibility index (Phi) is 14.3. The molecule has 0 saturated heterocycles. The summed E-state index contributed by atoms with van der Waals surface area (Å²) in [7, 11) is 0. The number of rotatable bonds is 14. The summed E-state index contributed by atoms with van der Waals surface area (Å²) in [4.78, 5) is 52.8. The van der Waals surface area contributed by atoms with E-state index in [1.165, 1.54) is 16.7 Å². The maximum Gasteiger partial charge on any atom is 0.408 e. The molecule has 0 aromatic heterocycles. The number of hydrogen-bond donors (Lipinski definition) is 3. The van der Waals surface area contributed by atoms with Gasteiger partial charge < -0.3 is 30.1 Å². The largest absolute Gasteiger partial charge is 0.466 e. The van der Waals surface area contributed by atoms with Gasteiger partial charge in [0, 0.05) is 18.7 Å². The third-order valence-electron chi connectivity index (χ3n) is 5.13. The Hall–Kier alpha value is -3.23. The molecule has 0 bridgehead atoms. The van der Waals surface area contributed by atoms with Crippen LogP contribution in [0.3, 0.4) is 0 Å². The number of thioether (sulfide) groups is 1. The van der Waals surface area contributed by atoms with Crippen molar-refractivity contribution < 1.29 is 33.8 Å². The van der Waals surface area contributed by atoms with E-state index in [2.05, 4.69) is 16.6 Å². The highest BCUT2D eigenvalue weighted by Crippen LogP contribution is 2.26. The molecule has 38 heavy (non-hydrogen) atoms. The van der Waals surface area contributed by atoms with E-state index in [-0.39, 0.29) is 32.5 Å². The maximum absolute atomic E-state index is 13.9. The van der Waals surface area contributed by atoms with Crippen molar-refractivity contribution in [3.8, 4) is 12.3 Å². The van der Waals surface area contributed by atoms with Gasteiger partial charge in [-0.15, -0.1) is 6.42 Å². The number of ether oxygens (including phenoxy) is 2. The third-order valence-corrected chi connectivity index (χ3v) is 5.77. The Morgan fingerprint density at radius 3 is 2.47 bits per heavy atom. The van der Waals surface area contributed by atoms with Crippen molar-refractivity contribution >= 4 is 35.6 Å². The molecule has 1 aromatic carbocycles. The van der Waals surface area contributed by atoms with Crippen LogP contribution in [0.15, 0.2) is 24.3 Å². The van der Waals surface area contributed by atoms with Crippen LogP contribution in [-0.4, -0.2) is 83.8 Å². The molecule has 210 valence electrons. The summed E-state index contributed by atoms with van der Waals surface area (Å²) in [5.74, 6) is 1.41. The lowest BCUT2D eigenvalue weighted by atomic mass is 9.97. The standard InChI is InChI=1S/C27H39N3O7S/c1-7-19-11-9-10-12-20(19)23(24(33)28-15-13-22(32)36-8-2)30(16-17-31)25(34)21(14-18-38-6)29-26(35)37-27(3,4)5/h1,9-12,21,23,31H,8,13-18H2,2-6H3,(H,28,33)(H,29,35). The quantitative estimate of drug-likeness (QED) is 0.238. The summed E-state index contributed by atoms with van der Waals surface area (Å²) in [5.41, 5.74) is -0.0319. The van der Waals surface area contributed by atoms with Crippen LogP contribution in [0.1, 0.15) is 57.7 Å². The van der Waals surface area contributed by atoms with Crippen LogP contribution >= 0.6 is 11.8 Å². The molecule has 0 aliphatic rings. The first-order valence-corrected chi connectivity index (χ1v) is 13.8. The molecule has 0 aliphatic heterocycles. The topological polar surface area (TPSA) is 134 Å². The summed E-state index contributed by atoms with van der Waals surface area (Å²) < 4.78 is 10.2. The van der Waals surface area contributed by atoms with Gasteiger partial charge >= 0.3 is 12.1 Å². The second-order valence-electron chi connectivity index (χ2n) is 9.22. The van der Waals surface area contributed by atoms with Crippen molar-refractivity contribution in [1.29, 1.82) is 0 Å². The fraction of sp³-hybridized carbons (Fsp3) is 0.556. The predicted octanol–water partition coefficient (Wildman–Crippen LogP) is 2.25. The van der Waals surface area contributed by atoms with Crippen LogP contribution in [0.2, 0.25) is 0 Å². The van der Waals surface area contributed by atoms with Crippen LogP contribution in [-0.2, 0) is 23.9 Å². The third kappa shape index (κ3) is 11.0. The second kappa shape index (κ2) is 16.6. The highest BCUT2D eigenvalue weighted by atomic mass is 32.2. The number of esters is 1. The van der Waals surface area contributed by atoms with Crippen molar-refractivity contribution in [2.24, 2.45) is 0 Å². The van der Waals surface area contributed by atoms with Crippen LogP contribution in [0.25, 0.3) is 0 Å². The van der Waals surface area contributed by atoms with Gasteiger partial charge in [0.25, 0.3) is 0 Å². The van der Waals surface area contributed by atoms with E-state index in [0.717, 1.165) is 0 Å². The summed E-state index contributed by atoms with van der Waals surface area (Å²) in [6.07, 6.45) is 6.97. The van der Waals surface area contributed by atoms with E-state index < -0.39 is 48.2 Å². The minimum Gasteiger partial charge on any atom is -0.466 e.